The highest BCUT2D eigenvalue weighted by molar-refractivity contribution is 6.08. The van der Waals surface area contributed by atoms with Crippen molar-refractivity contribution in [1.82, 2.24) is 15.0 Å². The molecule has 0 fully saturated rings. The van der Waals surface area contributed by atoms with E-state index in [2.05, 4.69) is 115 Å². The van der Waals surface area contributed by atoms with Crippen LogP contribution in [0.1, 0.15) is 16.2 Å². The lowest BCUT2D eigenvalue weighted by Crippen LogP contribution is -2.11. The minimum atomic E-state index is -0.296. The summed E-state index contributed by atoms with van der Waals surface area (Å²) in [6.45, 7) is 0. The Hall–Kier alpha value is -8.34. The number of aromatic nitrogens is 3. The van der Waals surface area contributed by atoms with Gasteiger partial charge in [-0.25, -0.2) is 15.0 Å². The van der Waals surface area contributed by atoms with E-state index in [-0.39, 0.29) is 11.6 Å². The summed E-state index contributed by atoms with van der Waals surface area (Å²) in [6, 6.07) is 80.3. The lowest BCUT2D eigenvalue weighted by Gasteiger charge is -2.14. The Bertz CT molecular complexity index is 2840. The van der Waals surface area contributed by atoms with Gasteiger partial charge < -0.3 is 0 Å². The molecule has 0 spiro atoms. The number of benzene rings is 9. The normalized spacial score (nSPS) is 11.0. The number of rotatable bonds is 10. The van der Waals surface area contributed by atoms with Crippen LogP contribution in [0.3, 0.4) is 0 Å². The number of hydrogen-bond donors (Lipinski definition) is 0. The Morgan fingerprint density at radius 3 is 0.726 bits per heavy atom. The van der Waals surface area contributed by atoms with Gasteiger partial charge in [-0.1, -0.05) is 182 Å². The molecule has 0 saturated carbocycles. The van der Waals surface area contributed by atoms with Crippen LogP contribution in [-0.4, -0.2) is 20.7 Å². The maximum atomic E-state index is 15.2. The second-order valence-corrected chi connectivity index (χ2v) is 15.2. The van der Waals surface area contributed by atoms with Crippen molar-refractivity contribution in [2.45, 2.75) is 0 Å². The first-order chi connectivity index (χ1) is 30.6. The highest BCUT2D eigenvalue weighted by Crippen LogP contribution is 2.36. The summed E-state index contributed by atoms with van der Waals surface area (Å²) < 4.78 is 0. The van der Waals surface area contributed by atoms with Crippen LogP contribution >= 0.6 is 0 Å². The molecular weight excluding hydrogens is 755 g/mol. The first kappa shape index (κ1) is 37.9. The van der Waals surface area contributed by atoms with E-state index in [4.69, 9.17) is 15.0 Å². The summed E-state index contributed by atoms with van der Waals surface area (Å²) in [4.78, 5) is 30.6. The van der Waals surface area contributed by atoms with Gasteiger partial charge in [-0.2, -0.15) is 0 Å². The van der Waals surface area contributed by atoms with Gasteiger partial charge in [0, 0.05) is 16.7 Å². The number of carbonyl (C=O) groups is 1. The second kappa shape index (κ2) is 17.1. The summed E-state index contributed by atoms with van der Waals surface area (Å²) in [6.07, 6.45) is 0. The Labute approximate surface area is 361 Å². The summed E-state index contributed by atoms with van der Waals surface area (Å²) in [5.74, 6) is 0.575. The first-order valence-corrected chi connectivity index (χ1v) is 20.7. The molecule has 0 N–H and O–H groups in total. The SMILES string of the molecule is O=C(c1cc(-c2ccccc2)cc(-c2ccccc2)c1)c1nc(-c2cc(-c3ccccc3)cc(-c3ccccc3)c2)nc(-c2cc(-c3ccccc3)cc(-c3ccccc3)c2)n1. The number of ketones is 1. The Morgan fingerprint density at radius 2 is 0.468 bits per heavy atom. The number of carbonyl (C=O) groups excluding carboxylic acids is 1. The minimum Gasteiger partial charge on any atom is -0.285 e. The zero-order valence-corrected chi connectivity index (χ0v) is 33.8. The Kier molecular flexibility index (Phi) is 10.5. The Balaban J connectivity index is 1.21. The molecule has 62 heavy (non-hydrogen) atoms. The number of nitrogens with zero attached hydrogens (tertiary/aromatic N) is 3. The molecule has 0 unspecified atom stereocenters. The fourth-order valence-electron chi connectivity index (χ4n) is 7.92. The first-order valence-electron chi connectivity index (χ1n) is 20.7. The van der Waals surface area contributed by atoms with Crippen molar-refractivity contribution in [3.05, 3.63) is 248 Å². The summed E-state index contributed by atoms with van der Waals surface area (Å²) in [5, 5.41) is 0. The molecule has 9 aromatic carbocycles. The predicted octanol–water partition coefficient (Wildman–Crippen LogP) is 14.4. The van der Waals surface area contributed by atoms with Gasteiger partial charge in [0.1, 0.15) is 0 Å². The van der Waals surface area contributed by atoms with Gasteiger partial charge in [0.05, 0.1) is 0 Å². The van der Waals surface area contributed by atoms with Crippen molar-refractivity contribution >= 4 is 5.78 Å². The molecule has 0 aliphatic carbocycles. The molecule has 0 bridgehead atoms. The molecule has 10 rings (SSSR count). The molecule has 10 aromatic rings. The molecule has 0 saturated heterocycles. The molecule has 0 atom stereocenters. The van der Waals surface area contributed by atoms with Gasteiger partial charge in [0.15, 0.2) is 11.6 Å². The molecule has 1 heterocycles. The van der Waals surface area contributed by atoms with E-state index in [0.29, 0.717) is 17.2 Å². The minimum absolute atomic E-state index is 0.0620. The standard InChI is InChI=1S/C58H39N3O/c62-55(52-34-46(40-19-7-1-8-20-40)31-47(35-52)41-21-9-2-10-22-41)58-60-56(53-36-48(42-23-11-3-12-24-42)32-49(37-53)43-25-13-4-14-26-43)59-57(61-58)54-38-50(44-27-15-5-16-28-44)33-51(39-54)45-29-17-6-18-30-45/h1-39H. The number of hydrogen-bond acceptors (Lipinski definition) is 4. The highest BCUT2D eigenvalue weighted by Gasteiger charge is 2.21. The van der Waals surface area contributed by atoms with E-state index in [1.807, 2.05) is 121 Å². The van der Waals surface area contributed by atoms with E-state index < -0.39 is 0 Å². The third kappa shape index (κ3) is 8.14. The van der Waals surface area contributed by atoms with Crippen molar-refractivity contribution in [2.24, 2.45) is 0 Å². The fourth-order valence-corrected chi connectivity index (χ4v) is 7.92. The third-order valence-corrected chi connectivity index (χ3v) is 11.1. The molecule has 4 heteroatoms. The zero-order chi connectivity index (χ0) is 41.7. The monoisotopic (exact) mass is 793 g/mol. The topological polar surface area (TPSA) is 55.7 Å². The molecule has 292 valence electrons. The maximum Gasteiger partial charge on any atom is 0.230 e. The average molecular weight is 794 g/mol. The molecule has 0 amide bonds. The lowest BCUT2D eigenvalue weighted by molar-refractivity contribution is 0.102. The van der Waals surface area contributed by atoms with Crippen molar-refractivity contribution in [1.29, 1.82) is 0 Å². The van der Waals surface area contributed by atoms with Crippen molar-refractivity contribution < 1.29 is 4.79 Å². The molecule has 0 aliphatic rings. The summed E-state index contributed by atoms with van der Waals surface area (Å²) in [7, 11) is 0. The van der Waals surface area contributed by atoms with Gasteiger partial charge >= 0.3 is 0 Å². The zero-order valence-electron chi connectivity index (χ0n) is 33.8. The quantitative estimate of drug-likeness (QED) is 0.129. The second-order valence-electron chi connectivity index (χ2n) is 15.2. The van der Waals surface area contributed by atoms with E-state index in [1.165, 1.54) is 0 Å². The Morgan fingerprint density at radius 1 is 0.242 bits per heavy atom. The van der Waals surface area contributed by atoms with E-state index >= 15 is 4.79 Å². The largest absolute Gasteiger partial charge is 0.285 e. The highest BCUT2D eigenvalue weighted by atomic mass is 16.1. The van der Waals surface area contributed by atoms with Crippen LogP contribution in [0.15, 0.2) is 237 Å². The van der Waals surface area contributed by atoms with E-state index in [1.54, 1.807) is 0 Å². The average Bonchev–Trinajstić information content (AvgIpc) is 3.37. The molecule has 4 nitrogen and oxygen atoms in total. The van der Waals surface area contributed by atoms with Crippen LogP contribution in [0.4, 0.5) is 0 Å². The van der Waals surface area contributed by atoms with Gasteiger partial charge in [0.25, 0.3) is 0 Å². The third-order valence-electron chi connectivity index (χ3n) is 11.1. The maximum absolute atomic E-state index is 15.2. The van der Waals surface area contributed by atoms with Crippen LogP contribution < -0.4 is 0 Å². The van der Waals surface area contributed by atoms with Gasteiger partial charge in [0.2, 0.25) is 11.6 Å². The van der Waals surface area contributed by atoms with E-state index in [0.717, 1.165) is 77.9 Å². The van der Waals surface area contributed by atoms with Crippen LogP contribution in [0.5, 0.6) is 0 Å². The molecular formula is C58H39N3O. The molecule has 1 aromatic heterocycles. The molecule has 0 aliphatic heterocycles. The summed E-state index contributed by atoms with van der Waals surface area (Å²) in [5.41, 5.74) is 14.2. The van der Waals surface area contributed by atoms with Gasteiger partial charge in [-0.15, -0.1) is 0 Å². The van der Waals surface area contributed by atoms with Gasteiger partial charge in [-0.05, 0) is 121 Å². The van der Waals surface area contributed by atoms with E-state index in [9.17, 15) is 0 Å². The lowest BCUT2D eigenvalue weighted by atomic mass is 9.94. The summed E-state index contributed by atoms with van der Waals surface area (Å²) >= 11 is 0. The fraction of sp³-hybridized carbons (Fsp3) is 0. The van der Waals surface area contributed by atoms with Gasteiger partial charge in [-0.3, -0.25) is 4.79 Å². The van der Waals surface area contributed by atoms with Crippen LogP contribution in [0.2, 0.25) is 0 Å². The van der Waals surface area contributed by atoms with Crippen LogP contribution in [-0.2, 0) is 0 Å². The predicted molar refractivity (Wildman–Crippen MR) is 253 cm³/mol. The molecule has 0 radical (unpaired) electrons. The van der Waals surface area contributed by atoms with Crippen LogP contribution in [0, 0.1) is 0 Å². The van der Waals surface area contributed by atoms with Crippen molar-refractivity contribution in [3.8, 4) is 89.5 Å². The van der Waals surface area contributed by atoms with Crippen LogP contribution in [0.25, 0.3) is 89.5 Å². The smallest absolute Gasteiger partial charge is 0.230 e. The van der Waals surface area contributed by atoms with Crippen molar-refractivity contribution in [2.75, 3.05) is 0 Å². The van der Waals surface area contributed by atoms with Crippen molar-refractivity contribution in [3.63, 3.8) is 0 Å².